The Morgan fingerprint density at radius 3 is 2.47 bits per heavy atom. The van der Waals surface area contributed by atoms with Crippen LogP contribution in [-0.2, 0) is 13.1 Å². The van der Waals surface area contributed by atoms with Gasteiger partial charge in [0.25, 0.3) is 0 Å². The number of likely N-dealkylation sites (tertiary alicyclic amines) is 1. The van der Waals surface area contributed by atoms with Gasteiger partial charge in [-0.3, -0.25) is 4.90 Å². The highest BCUT2D eigenvalue weighted by Crippen LogP contribution is 2.19. The first kappa shape index (κ1) is 14.5. The number of hydrogen-bond acceptors (Lipinski definition) is 3. The summed E-state index contributed by atoms with van der Waals surface area (Å²) in [6, 6.07) is 7.39. The Hall–Kier alpha value is -0.900. The Labute approximate surface area is 117 Å². The minimum absolute atomic E-state index is 0.634. The maximum Gasteiger partial charge on any atom is 0.0236 e. The van der Waals surface area contributed by atoms with Crippen molar-refractivity contribution in [1.29, 1.82) is 0 Å². The molecule has 0 spiro atoms. The highest BCUT2D eigenvalue weighted by Gasteiger charge is 2.20. The Balaban J connectivity index is 1.92. The molecule has 1 aliphatic rings. The molecule has 2 N–H and O–H groups in total. The van der Waals surface area contributed by atoms with Gasteiger partial charge >= 0.3 is 0 Å². The molecule has 0 amide bonds. The lowest BCUT2D eigenvalue weighted by Crippen LogP contribution is -2.41. The number of piperidine rings is 1. The number of aryl methyl sites for hydroxylation is 1. The molecular formula is C16H27N3. The number of hydrogen-bond donors (Lipinski definition) is 1. The van der Waals surface area contributed by atoms with Gasteiger partial charge in [0.1, 0.15) is 0 Å². The van der Waals surface area contributed by atoms with E-state index in [4.69, 9.17) is 5.73 Å². The van der Waals surface area contributed by atoms with Gasteiger partial charge in [-0.1, -0.05) is 18.2 Å². The van der Waals surface area contributed by atoms with Crippen LogP contribution in [-0.4, -0.2) is 43.0 Å². The van der Waals surface area contributed by atoms with E-state index in [0.717, 1.165) is 12.6 Å². The summed E-state index contributed by atoms with van der Waals surface area (Å²) >= 11 is 0. The Morgan fingerprint density at radius 2 is 1.95 bits per heavy atom. The summed E-state index contributed by atoms with van der Waals surface area (Å²) in [6.07, 6.45) is 2.57. The maximum atomic E-state index is 5.68. The van der Waals surface area contributed by atoms with Gasteiger partial charge in [0.2, 0.25) is 0 Å². The summed E-state index contributed by atoms with van der Waals surface area (Å²) < 4.78 is 0. The Kier molecular flexibility index (Phi) is 4.97. The van der Waals surface area contributed by atoms with E-state index in [2.05, 4.69) is 49.0 Å². The molecule has 2 rings (SSSR count). The fourth-order valence-electron chi connectivity index (χ4n) is 2.90. The first-order chi connectivity index (χ1) is 9.10. The summed E-state index contributed by atoms with van der Waals surface area (Å²) in [4.78, 5) is 4.93. The molecule has 1 saturated heterocycles. The lowest BCUT2D eigenvalue weighted by molar-refractivity contribution is 0.140. The Bertz CT molecular complexity index is 406. The SMILES string of the molecule is Cc1cc(CN)ccc1CN1CCC(N(C)C)CC1. The van der Waals surface area contributed by atoms with Crippen molar-refractivity contribution < 1.29 is 0 Å². The van der Waals surface area contributed by atoms with Gasteiger partial charge in [-0.2, -0.15) is 0 Å². The molecule has 0 unspecified atom stereocenters. The topological polar surface area (TPSA) is 32.5 Å². The van der Waals surface area contributed by atoms with Crippen molar-refractivity contribution in [3.8, 4) is 0 Å². The second-order valence-electron chi connectivity index (χ2n) is 5.94. The van der Waals surface area contributed by atoms with Gasteiger partial charge in [0, 0.05) is 19.1 Å². The van der Waals surface area contributed by atoms with Crippen LogP contribution in [0.3, 0.4) is 0 Å². The Morgan fingerprint density at radius 1 is 1.26 bits per heavy atom. The quantitative estimate of drug-likeness (QED) is 0.899. The molecule has 1 aromatic rings. The average molecular weight is 261 g/mol. The van der Waals surface area contributed by atoms with E-state index in [0.29, 0.717) is 6.54 Å². The van der Waals surface area contributed by atoms with Crippen molar-refractivity contribution in [1.82, 2.24) is 9.80 Å². The van der Waals surface area contributed by atoms with E-state index in [-0.39, 0.29) is 0 Å². The van der Waals surface area contributed by atoms with Crippen LogP contribution in [0.5, 0.6) is 0 Å². The van der Waals surface area contributed by atoms with E-state index in [1.807, 2.05) is 0 Å². The molecule has 0 aliphatic carbocycles. The number of benzene rings is 1. The molecule has 1 fully saturated rings. The van der Waals surface area contributed by atoms with Gasteiger partial charge < -0.3 is 10.6 Å². The van der Waals surface area contributed by atoms with Crippen molar-refractivity contribution in [3.63, 3.8) is 0 Å². The molecule has 1 aliphatic heterocycles. The van der Waals surface area contributed by atoms with Crippen LogP contribution in [0.25, 0.3) is 0 Å². The number of rotatable bonds is 4. The van der Waals surface area contributed by atoms with Crippen molar-refractivity contribution in [2.75, 3.05) is 27.2 Å². The molecule has 3 nitrogen and oxygen atoms in total. The smallest absolute Gasteiger partial charge is 0.0236 e. The third-order valence-electron chi connectivity index (χ3n) is 4.32. The fourth-order valence-corrected chi connectivity index (χ4v) is 2.90. The third kappa shape index (κ3) is 3.78. The third-order valence-corrected chi connectivity index (χ3v) is 4.32. The lowest BCUT2D eigenvalue weighted by Gasteiger charge is -2.35. The van der Waals surface area contributed by atoms with Crippen molar-refractivity contribution in [2.45, 2.75) is 38.9 Å². The van der Waals surface area contributed by atoms with Crippen molar-refractivity contribution >= 4 is 0 Å². The second kappa shape index (κ2) is 6.51. The second-order valence-corrected chi connectivity index (χ2v) is 5.94. The molecule has 0 aromatic heterocycles. The minimum Gasteiger partial charge on any atom is -0.326 e. The molecule has 3 heteroatoms. The van der Waals surface area contributed by atoms with Gasteiger partial charge in [-0.25, -0.2) is 0 Å². The van der Waals surface area contributed by atoms with Crippen LogP contribution in [0.4, 0.5) is 0 Å². The molecule has 1 heterocycles. The molecule has 106 valence electrons. The van der Waals surface area contributed by atoms with E-state index >= 15 is 0 Å². The van der Waals surface area contributed by atoms with Crippen molar-refractivity contribution in [2.24, 2.45) is 5.73 Å². The van der Waals surface area contributed by atoms with Crippen LogP contribution >= 0.6 is 0 Å². The zero-order valence-corrected chi connectivity index (χ0v) is 12.5. The maximum absolute atomic E-state index is 5.68. The first-order valence-electron chi connectivity index (χ1n) is 7.27. The average Bonchev–Trinajstić information content (AvgIpc) is 2.41. The molecule has 0 bridgehead atoms. The summed E-state index contributed by atoms with van der Waals surface area (Å²) in [5.74, 6) is 0. The zero-order chi connectivity index (χ0) is 13.8. The highest BCUT2D eigenvalue weighted by atomic mass is 15.2. The van der Waals surface area contributed by atoms with Gasteiger partial charge in [0.05, 0.1) is 0 Å². The van der Waals surface area contributed by atoms with Crippen LogP contribution in [0, 0.1) is 6.92 Å². The van der Waals surface area contributed by atoms with Gasteiger partial charge in [-0.15, -0.1) is 0 Å². The van der Waals surface area contributed by atoms with Crippen LogP contribution in [0.15, 0.2) is 18.2 Å². The van der Waals surface area contributed by atoms with Crippen LogP contribution in [0.2, 0.25) is 0 Å². The molecule has 0 radical (unpaired) electrons. The summed E-state index contributed by atoms with van der Waals surface area (Å²) in [5.41, 5.74) is 9.73. The molecular weight excluding hydrogens is 234 g/mol. The van der Waals surface area contributed by atoms with Crippen LogP contribution in [0.1, 0.15) is 29.5 Å². The molecule has 19 heavy (non-hydrogen) atoms. The predicted molar refractivity (Wildman–Crippen MR) is 81.1 cm³/mol. The largest absolute Gasteiger partial charge is 0.326 e. The summed E-state index contributed by atoms with van der Waals surface area (Å²) in [5, 5.41) is 0. The monoisotopic (exact) mass is 261 g/mol. The zero-order valence-electron chi connectivity index (χ0n) is 12.5. The van der Waals surface area contributed by atoms with Crippen molar-refractivity contribution in [3.05, 3.63) is 34.9 Å². The van der Waals surface area contributed by atoms with E-state index < -0.39 is 0 Å². The molecule has 0 saturated carbocycles. The molecule has 0 atom stereocenters. The van der Waals surface area contributed by atoms with Gasteiger partial charge in [-0.05, 0) is 63.6 Å². The predicted octanol–water partition coefficient (Wildman–Crippen LogP) is 1.98. The highest BCUT2D eigenvalue weighted by molar-refractivity contribution is 5.31. The van der Waals surface area contributed by atoms with E-state index in [9.17, 15) is 0 Å². The normalized spacial score (nSPS) is 18.2. The molecule has 1 aromatic carbocycles. The van der Waals surface area contributed by atoms with Crippen LogP contribution < -0.4 is 5.73 Å². The fraction of sp³-hybridized carbons (Fsp3) is 0.625. The standard InChI is InChI=1S/C16H27N3/c1-13-10-14(11-17)4-5-15(13)12-19-8-6-16(7-9-19)18(2)3/h4-5,10,16H,6-9,11-12,17H2,1-3H3. The van der Waals surface area contributed by atoms with E-state index in [1.165, 1.54) is 42.6 Å². The first-order valence-corrected chi connectivity index (χ1v) is 7.27. The number of nitrogens with two attached hydrogens (primary N) is 1. The summed E-state index contributed by atoms with van der Waals surface area (Å²) in [7, 11) is 4.38. The number of nitrogens with zero attached hydrogens (tertiary/aromatic N) is 2. The minimum atomic E-state index is 0.634. The lowest BCUT2D eigenvalue weighted by atomic mass is 10.0. The van der Waals surface area contributed by atoms with Gasteiger partial charge in [0.15, 0.2) is 0 Å². The van der Waals surface area contributed by atoms with E-state index in [1.54, 1.807) is 0 Å². The summed E-state index contributed by atoms with van der Waals surface area (Å²) in [6.45, 7) is 6.33.